The second-order valence-electron chi connectivity index (χ2n) is 4.78. The molecule has 0 aliphatic carbocycles. The first-order valence-corrected chi connectivity index (χ1v) is 7.39. The molecule has 4 nitrogen and oxygen atoms in total. The summed E-state index contributed by atoms with van der Waals surface area (Å²) in [4.78, 5) is 7.69. The predicted molar refractivity (Wildman–Crippen MR) is 82.6 cm³/mol. The maximum absolute atomic E-state index is 5.18. The molecule has 1 aromatic carbocycles. The average molecular weight is 334 g/mol. The lowest BCUT2D eigenvalue weighted by atomic mass is 10.2. The van der Waals surface area contributed by atoms with Crippen LogP contribution in [0.5, 0.6) is 0 Å². The highest BCUT2D eigenvalue weighted by atomic mass is 79.9. The lowest BCUT2D eigenvalue weighted by molar-refractivity contribution is 0.520. The number of halogens is 1. The number of H-pyrrole nitrogens is 1. The van der Waals surface area contributed by atoms with E-state index in [0.717, 1.165) is 41.1 Å². The maximum atomic E-state index is 5.18. The van der Waals surface area contributed by atoms with Crippen LogP contribution < -0.4 is 5.32 Å². The van der Waals surface area contributed by atoms with E-state index in [1.165, 1.54) is 11.1 Å². The Morgan fingerprint density at radius 3 is 3.05 bits per heavy atom. The maximum Gasteiger partial charge on any atom is 0.191 e. The van der Waals surface area contributed by atoms with Gasteiger partial charge in [0.25, 0.3) is 0 Å². The second kappa shape index (κ2) is 5.81. The quantitative estimate of drug-likeness (QED) is 0.702. The Kier molecular flexibility index (Phi) is 3.89. The molecule has 0 saturated heterocycles. The first-order chi connectivity index (χ1) is 9.72. The molecule has 2 heterocycles. The summed E-state index contributed by atoms with van der Waals surface area (Å²) < 4.78 is 6.30. The van der Waals surface area contributed by atoms with Crippen molar-refractivity contribution in [2.75, 3.05) is 6.54 Å². The van der Waals surface area contributed by atoms with E-state index in [1.807, 2.05) is 13.0 Å². The van der Waals surface area contributed by atoms with E-state index in [4.69, 9.17) is 4.42 Å². The lowest BCUT2D eigenvalue weighted by Gasteiger charge is -2.00. The van der Waals surface area contributed by atoms with Crippen LogP contribution >= 0.6 is 15.9 Å². The van der Waals surface area contributed by atoms with Crippen LogP contribution in [0.1, 0.15) is 17.3 Å². The minimum atomic E-state index is 0.723. The molecule has 5 heteroatoms. The average Bonchev–Trinajstić information content (AvgIpc) is 3.02. The number of benzene rings is 1. The zero-order valence-electron chi connectivity index (χ0n) is 11.2. The van der Waals surface area contributed by atoms with Crippen LogP contribution in [0.25, 0.3) is 10.9 Å². The van der Waals surface area contributed by atoms with E-state index < -0.39 is 0 Å². The van der Waals surface area contributed by atoms with Gasteiger partial charge in [0.05, 0.1) is 5.69 Å². The van der Waals surface area contributed by atoms with Crippen molar-refractivity contribution in [3.8, 4) is 0 Å². The monoisotopic (exact) mass is 333 g/mol. The fraction of sp³-hybridized carbons (Fsp3) is 0.267. The second-order valence-corrected chi connectivity index (χ2v) is 5.63. The van der Waals surface area contributed by atoms with Crippen LogP contribution in [0.3, 0.4) is 0 Å². The Balaban J connectivity index is 1.56. The fourth-order valence-corrected chi connectivity index (χ4v) is 2.71. The molecule has 3 rings (SSSR count). The lowest BCUT2D eigenvalue weighted by Crippen LogP contribution is -2.16. The van der Waals surface area contributed by atoms with Crippen LogP contribution in [-0.2, 0) is 13.0 Å². The van der Waals surface area contributed by atoms with Crippen LogP contribution in [0.15, 0.2) is 39.4 Å². The number of hydrogen-bond acceptors (Lipinski definition) is 3. The van der Waals surface area contributed by atoms with Gasteiger partial charge in [-0.3, -0.25) is 0 Å². The molecule has 20 heavy (non-hydrogen) atoms. The standard InChI is InChI=1S/C15H16BrN3O/c1-10-18-11(9-20-10)5-6-17-8-12-7-13-14(16)3-2-4-15(13)19-12/h2-4,7,9,17,19H,5-6,8H2,1H3. The van der Waals surface area contributed by atoms with Crippen LogP contribution in [0, 0.1) is 6.92 Å². The number of aromatic nitrogens is 2. The van der Waals surface area contributed by atoms with Gasteiger partial charge in [0.2, 0.25) is 0 Å². The van der Waals surface area contributed by atoms with Crippen molar-refractivity contribution >= 4 is 26.8 Å². The van der Waals surface area contributed by atoms with Gasteiger partial charge in [0.1, 0.15) is 6.26 Å². The van der Waals surface area contributed by atoms with Gasteiger partial charge < -0.3 is 14.7 Å². The number of oxazole rings is 1. The number of nitrogens with zero attached hydrogens (tertiary/aromatic N) is 1. The summed E-state index contributed by atoms with van der Waals surface area (Å²) in [6.45, 7) is 3.56. The Morgan fingerprint density at radius 1 is 1.40 bits per heavy atom. The van der Waals surface area contributed by atoms with Crippen molar-refractivity contribution in [1.29, 1.82) is 0 Å². The topological polar surface area (TPSA) is 53.9 Å². The Labute approximate surface area is 125 Å². The number of aromatic amines is 1. The van der Waals surface area contributed by atoms with Crippen LogP contribution in [0.2, 0.25) is 0 Å². The normalized spacial score (nSPS) is 11.3. The van der Waals surface area contributed by atoms with Gasteiger partial charge in [-0.1, -0.05) is 22.0 Å². The van der Waals surface area contributed by atoms with Crippen LogP contribution in [-0.4, -0.2) is 16.5 Å². The van der Waals surface area contributed by atoms with E-state index in [9.17, 15) is 0 Å². The van der Waals surface area contributed by atoms with Gasteiger partial charge in [-0.15, -0.1) is 0 Å². The zero-order chi connectivity index (χ0) is 13.9. The van der Waals surface area contributed by atoms with Crippen molar-refractivity contribution in [3.63, 3.8) is 0 Å². The van der Waals surface area contributed by atoms with E-state index in [0.29, 0.717) is 0 Å². The third-order valence-electron chi connectivity index (χ3n) is 3.21. The number of hydrogen-bond donors (Lipinski definition) is 2. The zero-order valence-corrected chi connectivity index (χ0v) is 12.8. The smallest absolute Gasteiger partial charge is 0.191 e. The Morgan fingerprint density at radius 2 is 2.30 bits per heavy atom. The summed E-state index contributed by atoms with van der Waals surface area (Å²) in [5, 5.41) is 4.63. The molecule has 0 atom stereocenters. The molecule has 0 amide bonds. The summed E-state index contributed by atoms with van der Waals surface area (Å²) in [5.74, 6) is 0.723. The van der Waals surface area contributed by atoms with Crippen molar-refractivity contribution in [2.24, 2.45) is 0 Å². The number of aryl methyl sites for hydroxylation is 1. The van der Waals surface area contributed by atoms with Crippen molar-refractivity contribution < 1.29 is 4.42 Å². The molecule has 0 radical (unpaired) electrons. The Bertz CT molecular complexity index is 717. The van der Waals surface area contributed by atoms with Crippen LogP contribution in [0.4, 0.5) is 0 Å². The number of nitrogens with one attached hydrogen (secondary N) is 2. The first kappa shape index (κ1) is 13.4. The molecule has 0 unspecified atom stereocenters. The van der Waals surface area contributed by atoms with Gasteiger partial charge in [-0.25, -0.2) is 4.98 Å². The SMILES string of the molecule is Cc1nc(CCNCc2cc3c(Br)cccc3[nH]2)co1. The molecule has 2 N–H and O–H groups in total. The van der Waals surface area contributed by atoms with Crippen molar-refractivity contribution in [1.82, 2.24) is 15.3 Å². The largest absolute Gasteiger partial charge is 0.449 e. The van der Waals surface area contributed by atoms with E-state index in [1.54, 1.807) is 6.26 Å². The highest BCUT2D eigenvalue weighted by molar-refractivity contribution is 9.10. The highest BCUT2D eigenvalue weighted by Gasteiger charge is 2.04. The van der Waals surface area contributed by atoms with Gasteiger partial charge >= 0.3 is 0 Å². The summed E-state index contributed by atoms with van der Waals surface area (Å²) in [7, 11) is 0. The third kappa shape index (κ3) is 2.94. The first-order valence-electron chi connectivity index (χ1n) is 6.60. The molecule has 0 saturated carbocycles. The minimum absolute atomic E-state index is 0.723. The number of rotatable bonds is 5. The van der Waals surface area contributed by atoms with E-state index in [-0.39, 0.29) is 0 Å². The molecule has 0 aliphatic heterocycles. The van der Waals surface area contributed by atoms with Crippen molar-refractivity contribution in [3.05, 3.63) is 52.3 Å². The minimum Gasteiger partial charge on any atom is -0.449 e. The third-order valence-corrected chi connectivity index (χ3v) is 3.90. The molecule has 0 spiro atoms. The molecule has 0 aliphatic rings. The van der Waals surface area contributed by atoms with Gasteiger partial charge in [-0.05, 0) is 18.2 Å². The van der Waals surface area contributed by atoms with Gasteiger partial charge in [0, 0.05) is 47.5 Å². The highest BCUT2D eigenvalue weighted by Crippen LogP contribution is 2.24. The molecular weight excluding hydrogens is 318 g/mol. The van der Waals surface area contributed by atoms with Gasteiger partial charge in [0.15, 0.2) is 5.89 Å². The molecule has 0 fully saturated rings. The van der Waals surface area contributed by atoms with Crippen molar-refractivity contribution in [2.45, 2.75) is 19.9 Å². The summed E-state index contributed by atoms with van der Waals surface area (Å²) in [5.41, 5.74) is 3.33. The number of fused-ring (bicyclic) bond motifs is 1. The molecule has 104 valence electrons. The molecule has 0 bridgehead atoms. The predicted octanol–water partition coefficient (Wildman–Crippen LogP) is 3.56. The molecule has 2 aromatic heterocycles. The summed E-state index contributed by atoms with van der Waals surface area (Å²) in [6, 6.07) is 8.35. The fourth-order valence-electron chi connectivity index (χ4n) is 2.23. The van der Waals surface area contributed by atoms with E-state index >= 15 is 0 Å². The summed E-state index contributed by atoms with van der Waals surface area (Å²) in [6.07, 6.45) is 2.60. The van der Waals surface area contributed by atoms with E-state index in [2.05, 4.69) is 49.4 Å². The molecule has 3 aromatic rings. The Hall–Kier alpha value is -1.59. The van der Waals surface area contributed by atoms with Gasteiger partial charge in [-0.2, -0.15) is 0 Å². The summed E-state index contributed by atoms with van der Waals surface area (Å²) >= 11 is 3.57. The molecular formula is C15H16BrN3O.